The van der Waals surface area contributed by atoms with Crippen LogP contribution in [-0.2, 0) is 20.1 Å². The lowest BCUT2D eigenvalue weighted by atomic mass is 10.1. The quantitative estimate of drug-likeness (QED) is 0.711. The van der Waals surface area contributed by atoms with Gasteiger partial charge in [0.2, 0.25) is 5.95 Å². The highest BCUT2D eigenvalue weighted by molar-refractivity contribution is 5.77. The van der Waals surface area contributed by atoms with Crippen LogP contribution in [0.25, 0.3) is 11.2 Å². The Balaban J connectivity index is 1.98. The first kappa shape index (κ1) is 17.6. The molecule has 0 amide bonds. The second-order valence-corrected chi connectivity index (χ2v) is 7.40. The lowest BCUT2D eigenvalue weighted by Crippen LogP contribution is -2.40. The van der Waals surface area contributed by atoms with E-state index in [0.29, 0.717) is 23.6 Å². The van der Waals surface area contributed by atoms with Gasteiger partial charge >= 0.3 is 5.69 Å². The lowest BCUT2D eigenvalue weighted by Gasteiger charge is -2.32. The molecular weight excluding hydrogens is 342 g/mol. The summed E-state index contributed by atoms with van der Waals surface area (Å²) in [4.78, 5) is 32.7. The van der Waals surface area contributed by atoms with Gasteiger partial charge in [0.25, 0.3) is 5.56 Å². The van der Waals surface area contributed by atoms with E-state index in [9.17, 15) is 9.59 Å². The average molecular weight is 367 g/mol. The molecule has 0 aliphatic carbocycles. The van der Waals surface area contributed by atoms with E-state index in [1.54, 1.807) is 7.05 Å². The number of aryl methyl sites for hydroxylation is 1. The minimum absolute atomic E-state index is 0.234. The van der Waals surface area contributed by atoms with E-state index in [4.69, 9.17) is 4.98 Å². The molecule has 142 valence electrons. The normalized spacial score (nSPS) is 16.7. The summed E-state index contributed by atoms with van der Waals surface area (Å²) >= 11 is 0. The SMILES string of the molecule is CCCCn1c(=O)c2c(nc3n2CC(C)CN3c2ccccc2)n(C)c1=O. The Kier molecular flexibility index (Phi) is 4.37. The van der Waals surface area contributed by atoms with Crippen LogP contribution < -0.4 is 16.1 Å². The van der Waals surface area contributed by atoms with Crippen LogP contribution in [0.5, 0.6) is 0 Å². The van der Waals surface area contributed by atoms with Crippen LogP contribution in [-0.4, -0.2) is 25.2 Å². The van der Waals surface area contributed by atoms with Crippen molar-refractivity contribution in [3.63, 3.8) is 0 Å². The highest BCUT2D eigenvalue weighted by Crippen LogP contribution is 2.32. The Hall–Kier alpha value is -2.83. The van der Waals surface area contributed by atoms with E-state index >= 15 is 0 Å². The van der Waals surface area contributed by atoms with Crippen molar-refractivity contribution >= 4 is 22.8 Å². The zero-order valence-electron chi connectivity index (χ0n) is 16.1. The van der Waals surface area contributed by atoms with Crippen molar-refractivity contribution in [3.8, 4) is 0 Å². The summed E-state index contributed by atoms with van der Waals surface area (Å²) in [6.07, 6.45) is 1.73. The smallest absolute Gasteiger partial charge is 0.312 e. The molecule has 27 heavy (non-hydrogen) atoms. The molecule has 4 rings (SSSR count). The molecule has 7 heteroatoms. The molecule has 1 aliphatic rings. The van der Waals surface area contributed by atoms with Crippen molar-refractivity contribution in [2.75, 3.05) is 11.4 Å². The number of imidazole rings is 1. The number of fused-ring (bicyclic) bond motifs is 3. The average Bonchev–Trinajstić information content (AvgIpc) is 3.06. The Morgan fingerprint density at radius 3 is 2.59 bits per heavy atom. The maximum atomic E-state index is 13.2. The molecule has 0 bridgehead atoms. The molecule has 0 spiro atoms. The number of benzene rings is 1. The summed E-state index contributed by atoms with van der Waals surface area (Å²) in [5.41, 5.74) is 1.49. The van der Waals surface area contributed by atoms with Crippen LogP contribution in [0.15, 0.2) is 39.9 Å². The van der Waals surface area contributed by atoms with Gasteiger partial charge in [-0.3, -0.25) is 13.9 Å². The van der Waals surface area contributed by atoms with Crippen LogP contribution >= 0.6 is 0 Å². The standard InChI is InChI=1S/C20H25N5O2/c1-4-5-11-23-18(26)16-17(22(3)20(23)27)21-19-24(12-14(2)13-25(16)19)15-9-7-6-8-10-15/h6-10,14H,4-5,11-13H2,1-3H3. The number of aromatic nitrogens is 4. The molecular formula is C20H25N5O2. The molecule has 1 aliphatic heterocycles. The number of hydrogen-bond acceptors (Lipinski definition) is 4. The monoisotopic (exact) mass is 367 g/mol. The minimum Gasteiger partial charge on any atom is -0.312 e. The molecule has 0 saturated carbocycles. The lowest BCUT2D eigenvalue weighted by molar-refractivity contribution is 0.457. The molecule has 1 atom stereocenters. The second-order valence-electron chi connectivity index (χ2n) is 7.40. The fourth-order valence-electron chi connectivity index (χ4n) is 3.84. The third-order valence-electron chi connectivity index (χ3n) is 5.25. The molecule has 0 saturated heterocycles. The summed E-state index contributed by atoms with van der Waals surface area (Å²) in [5, 5.41) is 0. The predicted molar refractivity (Wildman–Crippen MR) is 107 cm³/mol. The summed E-state index contributed by atoms with van der Waals surface area (Å²) in [5.74, 6) is 1.09. The number of hydrogen-bond donors (Lipinski definition) is 0. The van der Waals surface area contributed by atoms with Gasteiger partial charge < -0.3 is 9.47 Å². The van der Waals surface area contributed by atoms with Crippen molar-refractivity contribution in [2.45, 2.75) is 39.8 Å². The van der Waals surface area contributed by atoms with E-state index in [0.717, 1.165) is 37.6 Å². The first-order valence-corrected chi connectivity index (χ1v) is 9.55. The number of para-hydroxylation sites is 1. The first-order valence-electron chi connectivity index (χ1n) is 9.55. The highest BCUT2D eigenvalue weighted by Gasteiger charge is 2.29. The Labute approximate surface area is 157 Å². The number of nitrogens with zero attached hydrogens (tertiary/aromatic N) is 5. The predicted octanol–water partition coefficient (Wildman–Crippen LogP) is 2.48. The fraction of sp³-hybridized carbons (Fsp3) is 0.450. The van der Waals surface area contributed by atoms with Crippen LogP contribution in [0.2, 0.25) is 0 Å². The zero-order chi connectivity index (χ0) is 19.1. The minimum atomic E-state index is -0.296. The van der Waals surface area contributed by atoms with Crippen LogP contribution in [0.4, 0.5) is 11.6 Å². The van der Waals surface area contributed by atoms with Crippen LogP contribution in [0, 0.1) is 5.92 Å². The largest absolute Gasteiger partial charge is 0.332 e. The molecule has 7 nitrogen and oxygen atoms in total. The Morgan fingerprint density at radius 2 is 1.89 bits per heavy atom. The first-order chi connectivity index (χ1) is 13.0. The Morgan fingerprint density at radius 1 is 1.15 bits per heavy atom. The van der Waals surface area contributed by atoms with Gasteiger partial charge in [-0.2, -0.15) is 4.98 Å². The van der Waals surface area contributed by atoms with Gasteiger partial charge in [0.05, 0.1) is 0 Å². The zero-order valence-corrected chi connectivity index (χ0v) is 16.1. The number of rotatable bonds is 4. The van der Waals surface area contributed by atoms with Crippen molar-refractivity contribution < 1.29 is 0 Å². The van der Waals surface area contributed by atoms with Gasteiger partial charge in [0.1, 0.15) is 0 Å². The van der Waals surface area contributed by atoms with Gasteiger partial charge in [-0.25, -0.2) is 4.79 Å². The van der Waals surface area contributed by atoms with Crippen LogP contribution in [0.1, 0.15) is 26.7 Å². The van der Waals surface area contributed by atoms with E-state index in [-0.39, 0.29) is 11.2 Å². The maximum absolute atomic E-state index is 13.2. The van der Waals surface area contributed by atoms with Crippen molar-refractivity contribution in [2.24, 2.45) is 13.0 Å². The van der Waals surface area contributed by atoms with E-state index in [1.165, 1.54) is 9.13 Å². The molecule has 0 radical (unpaired) electrons. The van der Waals surface area contributed by atoms with Gasteiger partial charge in [-0.1, -0.05) is 38.5 Å². The fourth-order valence-corrected chi connectivity index (χ4v) is 3.84. The third-order valence-corrected chi connectivity index (χ3v) is 5.25. The van der Waals surface area contributed by atoms with Gasteiger partial charge in [-0.15, -0.1) is 0 Å². The van der Waals surface area contributed by atoms with Crippen molar-refractivity contribution in [1.82, 2.24) is 18.7 Å². The maximum Gasteiger partial charge on any atom is 0.332 e. The molecule has 2 aromatic heterocycles. The number of anilines is 2. The molecule has 1 aromatic carbocycles. The second kappa shape index (κ2) is 6.72. The highest BCUT2D eigenvalue weighted by atomic mass is 16.2. The van der Waals surface area contributed by atoms with Gasteiger partial charge in [-0.05, 0) is 24.5 Å². The molecule has 3 aromatic rings. The van der Waals surface area contributed by atoms with Crippen molar-refractivity contribution in [1.29, 1.82) is 0 Å². The van der Waals surface area contributed by atoms with Gasteiger partial charge in [0, 0.05) is 32.4 Å². The molecule has 3 heterocycles. The van der Waals surface area contributed by atoms with E-state index < -0.39 is 0 Å². The number of unbranched alkanes of at least 4 members (excludes halogenated alkanes) is 1. The van der Waals surface area contributed by atoms with Crippen LogP contribution in [0.3, 0.4) is 0 Å². The molecule has 1 unspecified atom stereocenters. The van der Waals surface area contributed by atoms with E-state index in [1.807, 2.05) is 41.8 Å². The van der Waals surface area contributed by atoms with Gasteiger partial charge in [0.15, 0.2) is 11.2 Å². The molecule has 0 fully saturated rings. The topological polar surface area (TPSA) is 65.1 Å². The summed E-state index contributed by atoms with van der Waals surface area (Å²) in [6, 6.07) is 10.1. The summed E-state index contributed by atoms with van der Waals surface area (Å²) in [6.45, 7) is 6.20. The third kappa shape index (κ3) is 2.78. The van der Waals surface area contributed by atoms with Crippen molar-refractivity contribution in [3.05, 3.63) is 51.2 Å². The summed E-state index contributed by atoms with van der Waals surface area (Å²) < 4.78 is 4.85. The van der Waals surface area contributed by atoms with E-state index in [2.05, 4.69) is 11.8 Å². The summed E-state index contributed by atoms with van der Waals surface area (Å²) in [7, 11) is 1.70. The molecule has 0 N–H and O–H groups in total. The Bertz CT molecular complexity index is 1090.